The van der Waals surface area contributed by atoms with Crippen LogP contribution in [0.3, 0.4) is 0 Å². The lowest BCUT2D eigenvalue weighted by Gasteiger charge is -2.21. The molecule has 16 heavy (non-hydrogen) atoms. The number of hydrogen-bond donors (Lipinski definition) is 2. The predicted molar refractivity (Wildman–Crippen MR) is 54.1 cm³/mol. The third kappa shape index (κ3) is 1.49. The van der Waals surface area contributed by atoms with Crippen molar-refractivity contribution in [3.63, 3.8) is 0 Å². The van der Waals surface area contributed by atoms with Gasteiger partial charge in [0.2, 0.25) is 0 Å². The van der Waals surface area contributed by atoms with E-state index in [9.17, 15) is 9.90 Å². The molecule has 0 aromatic heterocycles. The van der Waals surface area contributed by atoms with Crippen LogP contribution < -0.4 is 0 Å². The number of fused-ring (bicyclic) bond motifs is 1. The van der Waals surface area contributed by atoms with Crippen LogP contribution in [0.2, 0.25) is 0 Å². The fraction of sp³-hybridized carbons (Fsp3) is 0.364. The largest absolute Gasteiger partial charge is 0.480 e. The van der Waals surface area contributed by atoms with E-state index in [1.54, 1.807) is 6.08 Å². The van der Waals surface area contributed by atoms with Gasteiger partial charge in [0.25, 0.3) is 5.95 Å². The number of methoxy groups -OCH3 is 1. The van der Waals surface area contributed by atoms with E-state index in [4.69, 9.17) is 9.84 Å². The average molecular weight is 224 g/mol. The van der Waals surface area contributed by atoms with E-state index >= 15 is 0 Å². The first-order valence-corrected chi connectivity index (χ1v) is 4.87. The molecule has 1 aliphatic carbocycles. The molecule has 0 bridgehead atoms. The molecule has 0 spiro atoms. The highest BCUT2D eigenvalue weighted by Crippen LogP contribution is 2.40. The summed E-state index contributed by atoms with van der Waals surface area (Å²) in [6.07, 6.45) is 3.53. The van der Waals surface area contributed by atoms with Crippen LogP contribution in [-0.2, 0) is 14.3 Å². The maximum Gasteiger partial charge on any atom is 0.337 e. The fourth-order valence-corrected chi connectivity index (χ4v) is 2.00. The van der Waals surface area contributed by atoms with E-state index in [2.05, 4.69) is 4.74 Å². The number of ether oxygens (including phenoxy) is 2. The molecule has 0 saturated heterocycles. The summed E-state index contributed by atoms with van der Waals surface area (Å²) >= 11 is 0. The number of rotatable bonds is 2. The van der Waals surface area contributed by atoms with Crippen molar-refractivity contribution in [1.29, 1.82) is 0 Å². The maximum absolute atomic E-state index is 11.5. The highest BCUT2D eigenvalue weighted by Gasteiger charge is 2.36. The van der Waals surface area contributed by atoms with Crippen LogP contribution >= 0.6 is 0 Å². The van der Waals surface area contributed by atoms with E-state index < -0.39 is 5.97 Å². The van der Waals surface area contributed by atoms with Gasteiger partial charge in [-0.05, 0) is 12.0 Å². The van der Waals surface area contributed by atoms with Crippen LogP contribution in [0.25, 0.3) is 0 Å². The summed E-state index contributed by atoms with van der Waals surface area (Å²) < 4.78 is 9.50. The second-order valence-electron chi connectivity index (χ2n) is 3.58. The summed E-state index contributed by atoms with van der Waals surface area (Å²) in [7, 11) is 1.29. The first-order valence-electron chi connectivity index (χ1n) is 4.87. The topological polar surface area (TPSA) is 76.0 Å². The molecule has 0 fully saturated rings. The first-order chi connectivity index (χ1) is 7.69. The lowest BCUT2D eigenvalue weighted by atomic mass is 9.90. The molecule has 86 valence electrons. The zero-order chi connectivity index (χ0) is 11.7. The van der Waals surface area contributed by atoms with Gasteiger partial charge in [-0.15, -0.1) is 0 Å². The second kappa shape index (κ2) is 4.02. The molecule has 2 N–H and O–H groups in total. The molecule has 0 aromatic carbocycles. The maximum atomic E-state index is 11.5. The summed E-state index contributed by atoms with van der Waals surface area (Å²) in [5, 5.41) is 18.7. The van der Waals surface area contributed by atoms with Gasteiger partial charge in [0.05, 0.1) is 19.3 Å². The zero-order valence-electron chi connectivity index (χ0n) is 8.77. The number of aliphatic hydroxyl groups excluding tert-OH is 2. The Hall–Kier alpha value is -1.75. The molecular formula is C11H12O5. The van der Waals surface area contributed by atoms with E-state index in [1.807, 2.05) is 0 Å². The van der Waals surface area contributed by atoms with Gasteiger partial charge < -0.3 is 19.7 Å². The van der Waals surface area contributed by atoms with Gasteiger partial charge in [0.1, 0.15) is 6.26 Å². The molecule has 5 heteroatoms. The third-order valence-corrected chi connectivity index (χ3v) is 2.79. The number of carbonyl (C=O) groups is 1. The van der Waals surface area contributed by atoms with Gasteiger partial charge in [0.15, 0.2) is 0 Å². The molecule has 1 unspecified atom stereocenters. The van der Waals surface area contributed by atoms with Crippen LogP contribution in [0.1, 0.15) is 6.42 Å². The van der Waals surface area contributed by atoms with Crippen molar-refractivity contribution in [3.05, 3.63) is 35.0 Å². The highest BCUT2D eigenvalue weighted by molar-refractivity contribution is 5.90. The molecular weight excluding hydrogens is 212 g/mol. The smallest absolute Gasteiger partial charge is 0.337 e. The molecule has 0 saturated carbocycles. The average Bonchev–Trinajstić information content (AvgIpc) is 2.73. The molecule has 5 nitrogen and oxygen atoms in total. The van der Waals surface area contributed by atoms with Crippen LogP contribution in [0.4, 0.5) is 0 Å². The zero-order valence-corrected chi connectivity index (χ0v) is 8.77. The Labute approximate surface area is 92.3 Å². The fourth-order valence-electron chi connectivity index (χ4n) is 2.00. The Morgan fingerprint density at radius 1 is 1.69 bits per heavy atom. The molecule has 2 aliphatic rings. The Kier molecular flexibility index (Phi) is 2.70. The van der Waals surface area contributed by atoms with E-state index in [0.717, 1.165) is 0 Å². The molecule has 1 atom stereocenters. The van der Waals surface area contributed by atoms with Crippen LogP contribution in [0, 0.1) is 5.92 Å². The van der Waals surface area contributed by atoms with E-state index in [0.29, 0.717) is 23.1 Å². The third-order valence-electron chi connectivity index (χ3n) is 2.79. The van der Waals surface area contributed by atoms with Crippen molar-refractivity contribution in [2.75, 3.05) is 13.7 Å². The Morgan fingerprint density at radius 2 is 2.44 bits per heavy atom. The van der Waals surface area contributed by atoms with Gasteiger partial charge in [-0.3, -0.25) is 0 Å². The molecule has 1 heterocycles. The minimum Gasteiger partial charge on any atom is -0.480 e. The molecule has 0 radical (unpaired) electrons. The Bertz CT molecular complexity index is 416. The van der Waals surface area contributed by atoms with Crippen LogP contribution in [-0.4, -0.2) is 29.9 Å². The Morgan fingerprint density at radius 3 is 3.06 bits per heavy atom. The normalized spacial score (nSPS) is 23.2. The number of aliphatic hydroxyl groups is 2. The minimum absolute atomic E-state index is 0.187. The highest BCUT2D eigenvalue weighted by atomic mass is 16.6. The van der Waals surface area contributed by atoms with Crippen LogP contribution in [0.5, 0.6) is 0 Å². The van der Waals surface area contributed by atoms with Crippen molar-refractivity contribution in [1.82, 2.24) is 0 Å². The first kappa shape index (κ1) is 10.8. The quantitative estimate of drug-likeness (QED) is 0.678. The van der Waals surface area contributed by atoms with Gasteiger partial charge in [-0.2, -0.15) is 0 Å². The van der Waals surface area contributed by atoms with Crippen molar-refractivity contribution in [2.24, 2.45) is 5.92 Å². The standard InChI is InChI=1S/C11H12O5/c1-15-10(13)8-5-16-11(14)9-6(4-12)2-3-7(8)9/h2,5,7,12,14H,3-4H2,1H3. The number of carbonyl (C=O) groups excluding carboxylic acids is 1. The predicted octanol–water partition coefficient (Wildman–Crippen LogP) is 0.782. The van der Waals surface area contributed by atoms with E-state index in [1.165, 1.54) is 13.4 Å². The van der Waals surface area contributed by atoms with Gasteiger partial charge >= 0.3 is 5.97 Å². The van der Waals surface area contributed by atoms with Gasteiger partial charge in [0, 0.05) is 11.5 Å². The van der Waals surface area contributed by atoms with Gasteiger partial charge in [-0.25, -0.2) is 4.79 Å². The van der Waals surface area contributed by atoms with Crippen molar-refractivity contribution in [3.8, 4) is 0 Å². The number of hydrogen-bond acceptors (Lipinski definition) is 5. The summed E-state index contributed by atoms with van der Waals surface area (Å²) in [5.41, 5.74) is 1.43. The van der Waals surface area contributed by atoms with Crippen molar-refractivity contribution < 1.29 is 24.5 Å². The summed E-state index contributed by atoms with van der Waals surface area (Å²) in [6.45, 7) is -0.187. The van der Waals surface area contributed by atoms with Crippen LogP contribution in [0.15, 0.2) is 35.0 Å². The summed E-state index contributed by atoms with van der Waals surface area (Å²) in [6, 6.07) is 0. The van der Waals surface area contributed by atoms with Gasteiger partial charge in [-0.1, -0.05) is 6.08 Å². The molecule has 2 rings (SSSR count). The lowest BCUT2D eigenvalue weighted by Crippen LogP contribution is -2.20. The monoisotopic (exact) mass is 224 g/mol. The lowest BCUT2D eigenvalue weighted by molar-refractivity contribution is -0.136. The molecule has 0 amide bonds. The number of allylic oxidation sites excluding steroid dienone is 1. The SMILES string of the molecule is COC(=O)C1=COC(O)=C2C(CO)=CCC12. The van der Waals surface area contributed by atoms with Crippen molar-refractivity contribution >= 4 is 5.97 Å². The number of esters is 1. The van der Waals surface area contributed by atoms with Crippen molar-refractivity contribution in [2.45, 2.75) is 6.42 Å². The summed E-state index contributed by atoms with van der Waals surface area (Å²) in [5.74, 6) is -1.01. The second-order valence-corrected chi connectivity index (χ2v) is 3.58. The van der Waals surface area contributed by atoms with E-state index in [-0.39, 0.29) is 18.5 Å². The minimum atomic E-state index is -0.484. The molecule has 0 aromatic rings. The summed E-state index contributed by atoms with van der Waals surface area (Å²) in [4.78, 5) is 11.5. The molecule has 1 aliphatic heterocycles. The Balaban J connectivity index is 2.32.